The molecule has 6 nitrogen and oxygen atoms in total. The lowest BCUT2D eigenvalue weighted by molar-refractivity contribution is -0.124. The SMILES string of the molecule is O=C(COC(=O)c1cc2c(s1)-c1ccccc1CC2)N[C@@H]1CCS(=O)(=O)C1. The van der Waals surface area contributed by atoms with Crippen molar-refractivity contribution in [1.82, 2.24) is 5.32 Å². The number of carbonyl (C=O) groups excluding carboxylic acids is 2. The molecule has 0 unspecified atom stereocenters. The lowest BCUT2D eigenvalue weighted by atomic mass is 9.91. The van der Waals surface area contributed by atoms with E-state index in [9.17, 15) is 18.0 Å². The highest BCUT2D eigenvalue weighted by molar-refractivity contribution is 7.91. The molecule has 27 heavy (non-hydrogen) atoms. The van der Waals surface area contributed by atoms with E-state index in [2.05, 4.69) is 17.4 Å². The number of aryl methyl sites for hydroxylation is 2. The molecule has 2 aromatic rings. The van der Waals surface area contributed by atoms with Gasteiger partial charge >= 0.3 is 5.97 Å². The zero-order chi connectivity index (χ0) is 19.0. The van der Waals surface area contributed by atoms with Crippen molar-refractivity contribution in [2.75, 3.05) is 18.1 Å². The minimum absolute atomic E-state index is 0.0518. The van der Waals surface area contributed by atoms with E-state index in [0.717, 1.165) is 28.8 Å². The number of benzene rings is 1. The summed E-state index contributed by atoms with van der Waals surface area (Å²) in [5.41, 5.74) is 3.56. The third-order valence-corrected chi connectivity index (χ3v) is 7.83. The van der Waals surface area contributed by atoms with E-state index in [1.807, 2.05) is 18.2 Å². The smallest absolute Gasteiger partial charge is 0.348 e. The van der Waals surface area contributed by atoms with Crippen LogP contribution in [-0.2, 0) is 32.2 Å². The highest BCUT2D eigenvalue weighted by Gasteiger charge is 2.29. The Balaban J connectivity index is 1.37. The number of amides is 1. The van der Waals surface area contributed by atoms with Gasteiger partial charge in [0.25, 0.3) is 5.91 Å². The van der Waals surface area contributed by atoms with Crippen LogP contribution in [0.2, 0.25) is 0 Å². The lowest BCUT2D eigenvalue weighted by Gasteiger charge is -2.15. The van der Waals surface area contributed by atoms with Gasteiger partial charge in [-0.2, -0.15) is 0 Å². The van der Waals surface area contributed by atoms with Gasteiger partial charge in [0.2, 0.25) is 0 Å². The van der Waals surface area contributed by atoms with E-state index in [1.165, 1.54) is 16.9 Å². The van der Waals surface area contributed by atoms with Gasteiger partial charge < -0.3 is 10.1 Å². The lowest BCUT2D eigenvalue weighted by Crippen LogP contribution is -2.38. The molecular formula is C19H19NO5S2. The summed E-state index contributed by atoms with van der Waals surface area (Å²) >= 11 is 1.38. The highest BCUT2D eigenvalue weighted by atomic mass is 32.2. The minimum Gasteiger partial charge on any atom is -0.451 e. The molecule has 1 amide bonds. The van der Waals surface area contributed by atoms with E-state index in [1.54, 1.807) is 0 Å². The molecule has 4 rings (SSSR count). The average molecular weight is 405 g/mol. The van der Waals surface area contributed by atoms with Crippen molar-refractivity contribution in [3.63, 3.8) is 0 Å². The van der Waals surface area contributed by atoms with Gasteiger partial charge in [-0.25, -0.2) is 13.2 Å². The molecule has 2 heterocycles. The third-order valence-electron chi connectivity index (χ3n) is 4.87. The fourth-order valence-corrected chi connectivity index (χ4v) is 6.39. The first-order valence-electron chi connectivity index (χ1n) is 8.79. The molecule has 1 aromatic heterocycles. The topological polar surface area (TPSA) is 89.5 Å². The van der Waals surface area contributed by atoms with Gasteiger partial charge in [0.05, 0.1) is 11.5 Å². The third kappa shape index (κ3) is 3.91. The Labute approximate surface area is 161 Å². The zero-order valence-corrected chi connectivity index (χ0v) is 16.2. The van der Waals surface area contributed by atoms with E-state index in [4.69, 9.17) is 4.74 Å². The minimum atomic E-state index is -3.06. The fourth-order valence-electron chi connectivity index (χ4n) is 3.55. The Morgan fingerprint density at radius 3 is 2.74 bits per heavy atom. The van der Waals surface area contributed by atoms with Crippen LogP contribution in [0, 0.1) is 0 Å². The first-order chi connectivity index (χ1) is 12.9. The number of hydrogen-bond donors (Lipinski definition) is 1. The number of sulfone groups is 1. The van der Waals surface area contributed by atoms with Crippen molar-refractivity contribution in [1.29, 1.82) is 0 Å². The largest absolute Gasteiger partial charge is 0.451 e. The van der Waals surface area contributed by atoms with Crippen LogP contribution in [0.1, 0.15) is 27.2 Å². The van der Waals surface area contributed by atoms with Crippen LogP contribution in [0.25, 0.3) is 10.4 Å². The van der Waals surface area contributed by atoms with Gasteiger partial charge in [-0.15, -0.1) is 11.3 Å². The number of rotatable bonds is 4. The number of hydrogen-bond acceptors (Lipinski definition) is 6. The summed E-state index contributed by atoms with van der Waals surface area (Å²) in [6.07, 6.45) is 2.23. The summed E-state index contributed by atoms with van der Waals surface area (Å²) in [4.78, 5) is 25.8. The Bertz CT molecular complexity index is 1010. The van der Waals surface area contributed by atoms with Gasteiger partial charge in [-0.05, 0) is 42.0 Å². The number of fused-ring (bicyclic) bond motifs is 3. The second-order valence-electron chi connectivity index (χ2n) is 6.87. The van der Waals surface area contributed by atoms with Gasteiger partial charge in [0.15, 0.2) is 16.4 Å². The number of ether oxygens (including phenoxy) is 1. The molecule has 142 valence electrons. The maximum Gasteiger partial charge on any atom is 0.348 e. The van der Waals surface area contributed by atoms with Crippen LogP contribution < -0.4 is 5.32 Å². The van der Waals surface area contributed by atoms with Crippen LogP contribution in [0.5, 0.6) is 0 Å². The molecule has 1 N–H and O–H groups in total. The standard InChI is InChI=1S/C19H19NO5S2/c21-17(20-14-7-8-27(23,24)11-14)10-25-19(22)16-9-13-6-5-12-3-1-2-4-15(12)18(13)26-16/h1-4,9,14H,5-8,10-11H2,(H,20,21)/t14-/m1/s1. The van der Waals surface area contributed by atoms with Gasteiger partial charge in [0.1, 0.15) is 4.88 Å². The highest BCUT2D eigenvalue weighted by Crippen LogP contribution is 2.39. The fraction of sp³-hybridized carbons (Fsp3) is 0.368. The second kappa shape index (κ2) is 7.09. The Morgan fingerprint density at radius 1 is 1.19 bits per heavy atom. The van der Waals surface area contributed by atoms with E-state index >= 15 is 0 Å². The molecule has 1 fully saturated rings. The quantitative estimate of drug-likeness (QED) is 0.786. The molecule has 1 atom stereocenters. The van der Waals surface area contributed by atoms with E-state index in [-0.39, 0.29) is 11.5 Å². The summed E-state index contributed by atoms with van der Waals surface area (Å²) in [7, 11) is -3.06. The first-order valence-corrected chi connectivity index (χ1v) is 11.4. The average Bonchev–Trinajstić information content (AvgIpc) is 3.22. The first kappa shape index (κ1) is 18.2. The Kier molecular flexibility index (Phi) is 4.77. The van der Waals surface area contributed by atoms with Crippen LogP contribution in [-0.4, -0.2) is 44.4 Å². The molecule has 2 aliphatic rings. The molecule has 1 saturated heterocycles. The second-order valence-corrected chi connectivity index (χ2v) is 10.1. The van der Waals surface area contributed by atoms with Crippen molar-refractivity contribution in [3.05, 3.63) is 46.3 Å². The van der Waals surface area contributed by atoms with Gasteiger partial charge in [0, 0.05) is 10.9 Å². The molecule has 0 radical (unpaired) electrons. The number of carbonyl (C=O) groups is 2. The van der Waals surface area contributed by atoms with E-state index in [0.29, 0.717) is 11.3 Å². The normalized spacial score (nSPS) is 19.8. The van der Waals surface area contributed by atoms with Crippen molar-refractivity contribution >= 4 is 33.1 Å². The molecule has 0 spiro atoms. The molecule has 1 aliphatic heterocycles. The maximum absolute atomic E-state index is 12.3. The number of thiophene rings is 1. The molecule has 1 aromatic carbocycles. The molecular weight excluding hydrogens is 386 g/mol. The van der Waals surface area contributed by atoms with Gasteiger partial charge in [-0.1, -0.05) is 24.3 Å². The number of nitrogens with one attached hydrogen (secondary N) is 1. The van der Waals surface area contributed by atoms with E-state index < -0.39 is 34.4 Å². The maximum atomic E-state index is 12.3. The zero-order valence-electron chi connectivity index (χ0n) is 14.6. The van der Waals surface area contributed by atoms with Crippen LogP contribution in [0.15, 0.2) is 30.3 Å². The summed E-state index contributed by atoms with van der Waals surface area (Å²) in [6.45, 7) is -0.408. The van der Waals surface area contributed by atoms with Gasteiger partial charge in [-0.3, -0.25) is 4.79 Å². The number of esters is 1. The summed E-state index contributed by atoms with van der Waals surface area (Å²) < 4.78 is 28.0. The predicted molar refractivity (Wildman–Crippen MR) is 103 cm³/mol. The van der Waals surface area contributed by atoms with Crippen molar-refractivity contribution < 1.29 is 22.7 Å². The Morgan fingerprint density at radius 2 is 1.96 bits per heavy atom. The molecule has 8 heteroatoms. The Hall–Kier alpha value is -2.19. The summed E-state index contributed by atoms with van der Waals surface area (Å²) in [5.74, 6) is -0.970. The van der Waals surface area contributed by atoms with Crippen molar-refractivity contribution in [2.24, 2.45) is 0 Å². The molecule has 0 bridgehead atoms. The summed E-state index contributed by atoms with van der Waals surface area (Å²) in [6, 6.07) is 9.61. The van der Waals surface area contributed by atoms with Crippen LogP contribution in [0.3, 0.4) is 0 Å². The van der Waals surface area contributed by atoms with Crippen LogP contribution in [0.4, 0.5) is 0 Å². The molecule has 1 aliphatic carbocycles. The van der Waals surface area contributed by atoms with Crippen LogP contribution >= 0.6 is 11.3 Å². The molecule has 0 saturated carbocycles. The van der Waals surface area contributed by atoms with Crippen molar-refractivity contribution in [3.8, 4) is 10.4 Å². The summed E-state index contributed by atoms with van der Waals surface area (Å²) in [5, 5.41) is 2.61. The predicted octanol–water partition coefficient (Wildman–Crippen LogP) is 1.97. The monoisotopic (exact) mass is 405 g/mol. The van der Waals surface area contributed by atoms with Crippen molar-refractivity contribution in [2.45, 2.75) is 25.3 Å².